The van der Waals surface area contributed by atoms with Gasteiger partial charge < -0.3 is 14.2 Å². The third-order valence-electron chi connectivity index (χ3n) is 3.40. The minimum atomic E-state index is -0.566. The molecule has 0 spiro atoms. The van der Waals surface area contributed by atoms with E-state index in [0.717, 1.165) is 17.7 Å². The highest BCUT2D eigenvalue weighted by Gasteiger charge is 2.37. The summed E-state index contributed by atoms with van der Waals surface area (Å²) in [7, 11) is 1.69. The van der Waals surface area contributed by atoms with Gasteiger partial charge in [-0.05, 0) is 26.3 Å². The number of rotatable bonds is 4. The van der Waals surface area contributed by atoms with Gasteiger partial charge in [0.25, 0.3) is 0 Å². The Morgan fingerprint density at radius 3 is 2.84 bits per heavy atom. The molecule has 0 saturated carbocycles. The van der Waals surface area contributed by atoms with Gasteiger partial charge in [0.2, 0.25) is 0 Å². The first-order chi connectivity index (χ1) is 9.07. The highest BCUT2D eigenvalue weighted by atomic mass is 16.7. The van der Waals surface area contributed by atoms with Crippen molar-refractivity contribution in [2.24, 2.45) is 5.92 Å². The normalized spacial score (nSPS) is 25.8. The molecule has 1 aromatic carbocycles. The number of hydrogen-bond acceptors (Lipinski definition) is 3. The first-order valence-corrected chi connectivity index (χ1v) is 6.63. The van der Waals surface area contributed by atoms with E-state index in [-0.39, 0.29) is 12.0 Å². The maximum absolute atomic E-state index is 6.12. The molecule has 0 N–H and O–H groups in total. The van der Waals surface area contributed by atoms with Crippen molar-refractivity contribution in [2.45, 2.75) is 32.2 Å². The molecule has 0 amide bonds. The Balaban J connectivity index is 2.33. The molecule has 3 nitrogen and oxygen atoms in total. The van der Waals surface area contributed by atoms with Crippen LogP contribution in [0.2, 0.25) is 0 Å². The minimum absolute atomic E-state index is 0.0297. The van der Waals surface area contributed by atoms with Gasteiger partial charge in [-0.25, -0.2) is 0 Å². The van der Waals surface area contributed by atoms with Gasteiger partial charge in [0.15, 0.2) is 5.79 Å². The maximum Gasteiger partial charge on any atom is 0.163 e. The third-order valence-corrected chi connectivity index (χ3v) is 3.40. The van der Waals surface area contributed by atoms with E-state index in [4.69, 9.17) is 14.2 Å². The molecule has 1 heterocycles. The average molecular weight is 262 g/mol. The summed E-state index contributed by atoms with van der Waals surface area (Å²) in [5, 5.41) is 0. The lowest BCUT2D eigenvalue weighted by Crippen LogP contribution is -2.41. The lowest BCUT2D eigenvalue weighted by molar-refractivity contribution is -0.295. The van der Waals surface area contributed by atoms with Crippen LogP contribution in [-0.4, -0.2) is 19.5 Å². The molecular formula is C16H22O3. The smallest absolute Gasteiger partial charge is 0.163 e. The molecule has 1 aliphatic rings. The van der Waals surface area contributed by atoms with Crippen molar-refractivity contribution in [1.82, 2.24) is 0 Å². The summed E-state index contributed by atoms with van der Waals surface area (Å²) in [6, 6.07) is 8.00. The van der Waals surface area contributed by atoms with Crippen molar-refractivity contribution in [3.05, 3.63) is 42.5 Å². The molecule has 0 bridgehead atoms. The molecule has 1 fully saturated rings. The molecule has 1 aliphatic heterocycles. The first-order valence-electron chi connectivity index (χ1n) is 6.63. The summed E-state index contributed by atoms with van der Waals surface area (Å²) in [6.45, 7) is 8.38. The summed E-state index contributed by atoms with van der Waals surface area (Å²) in [4.78, 5) is 0. The fourth-order valence-electron chi connectivity index (χ4n) is 2.46. The zero-order chi connectivity index (χ0) is 13.9. The fraction of sp³-hybridized carbons (Fsp3) is 0.500. The second-order valence-electron chi connectivity index (χ2n) is 5.28. The fourth-order valence-corrected chi connectivity index (χ4v) is 2.46. The highest BCUT2D eigenvalue weighted by Crippen LogP contribution is 2.41. The van der Waals surface area contributed by atoms with Crippen molar-refractivity contribution in [1.29, 1.82) is 0 Å². The van der Waals surface area contributed by atoms with E-state index >= 15 is 0 Å². The molecule has 3 heteroatoms. The van der Waals surface area contributed by atoms with Gasteiger partial charge in [0.1, 0.15) is 5.75 Å². The minimum Gasteiger partial charge on any atom is -0.496 e. The van der Waals surface area contributed by atoms with Crippen LogP contribution >= 0.6 is 0 Å². The lowest BCUT2D eigenvalue weighted by Gasteiger charge is -2.41. The van der Waals surface area contributed by atoms with Crippen molar-refractivity contribution < 1.29 is 14.2 Å². The van der Waals surface area contributed by atoms with Crippen molar-refractivity contribution in [3.8, 4) is 5.75 Å². The zero-order valence-corrected chi connectivity index (χ0v) is 11.9. The Kier molecular flexibility index (Phi) is 4.27. The Morgan fingerprint density at radius 2 is 2.16 bits per heavy atom. The second kappa shape index (κ2) is 5.76. The summed E-state index contributed by atoms with van der Waals surface area (Å²) >= 11 is 0. The van der Waals surface area contributed by atoms with Crippen LogP contribution in [0.5, 0.6) is 5.75 Å². The molecule has 1 saturated heterocycles. The number of para-hydroxylation sites is 1. The van der Waals surface area contributed by atoms with Crippen molar-refractivity contribution >= 4 is 0 Å². The summed E-state index contributed by atoms with van der Waals surface area (Å²) in [6.07, 6.45) is 2.74. The number of ether oxygens (including phenoxy) is 3. The number of allylic oxidation sites excluding steroid dienone is 1. The molecule has 0 aromatic heterocycles. The molecule has 0 unspecified atom stereocenters. The van der Waals surface area contributed by atoms with Gasteiger partial charge in [-0.1, -0.05) is 24.3 Å². The van der Waals surface area contributed by atoms with Gasteiger partial charge >= 0.3 is 0 Å². The lowest BCUT2D eigenvalue weighted by atomic mass is 9.91. The van der Waals surface area contributed by atoms with Gasteiger partial charge in [0.05, 0.1) is 19.8 Å². The number of benzene rings is 1. The maximum atomic E-state index is 6.12. The van der Waals surface area contributed by atoms with Crippen LogP contribution in [0.4, 0.5) is 0 Å². The van der Waals surface area contributed by atoms with Gasteiger partial charge in [-0.15, -0.1) is 6.58 Å². The molecular weight excluding hydrogens is 240 g/mol. The zero-order valence-electron chi connectivity index (χ0n) is 11.9. The van der Waals surface area contributed by atoms with E-state index in [1.54, 1.807) is 7.11 Å². The third kappa shape index (κ3) is 3.17. The SMILES string of the molecule is C=CC[C@H]1COC(C)(C)O[C@@H]1c1ccccc1OC. The monoisotopic (exact) mass is 262 g/mol. The van der Waals surface area contributed by atoms with Crippen molar-refractivity contribution in [3.63, 3.8) is 0 Å². The molecule has 104 valence electrons. The predicted molar refractivity (Wildman–Crippen MR) is 75.2 cm³/mol. The molecule has 0 radical (unpaired) electrons. The Hall–Kier alpha value is -1.32. The molecule has 1 aromatic rings. The van der Waals surface area contributed by atoms with Crippen LogP contribution in [0.15, 0.2) is 36.9 Å². The molecule has 2 rings (SSSR count). The Morgan fingerprint density at radius 1 is 1.42 bits per heavy atom. The molecule has 2 atom stereocenters. The molecule has 0 aliphatic carbocycles. The van der Waals surface area contributed by atoms with E-state index < -0.39 is 5.79 Å². The van der Waals surface area contributed by atoms with E-state index in [9.17, 15) is 0 Å². The summed E-state index contributed by atoms with van der Waals surface area (Å²) < 4.78 is 17.3. The number of hydrogen-bond donors (Lipinski definition) is 0. The second-order valence-corrected chi connectivity index (χ2v) is 5.28. The van der Waals surface area contributed by atoms with E-state index in [2.05, 4.69) is 12.6 Å². The van der Waals surface area contributed by atoms with Crippen LogP contribution in [-0.2, 0) is 9.47 Å². The Labute approximate surface area is 115 Å². The van der Waals surface area contributed by atoms with Gasteiger partial charge in [-0.3, -0.25) is 0 Å². The predicted octanol–water partition coefficient (Wildman–Crippen LogP) is 3.71. The topological polar surface area (TPSA) is 27.7 Å². The van der Waals surface area contributed by atoms with Gasteiger partial charge in [0, 0.05) is 11.5 Å². The van der Waals surface area contributed by atoms with E-state index in [0.29, 0.717) is 6.61 Å². The van der Waals surface area contributed by atoms with Crippen molar-refractivity contribution in [2.75, 3.05) is 13.7 Å². The number of methoxy groups -OCH3 is 1. The van der Waals surface area contributed by atoms with Crippen LogP contribution in [0.3, 0.4) is 0 Å². The highest BCUT2D eigenvalue weighted by molar-refractivity contribution is 5.35. The van der Waals surface area contributed by atoms with E-state index in [1.807, 2.05) is 38.1 Å². The van der Waals surface area contributed by atoms with Crippen LogP contribution in [0.1, 0.15) is 31.9 Å². The quantitative estimate of drug-likeness (QED) is 0.774. The van der Waals surface area contributed by atoms with Crippen LogP contribution < -0.4 is 4.74 Å². The average Bonchev–Trinajstić information content (AvgIpc) is 2.40. The van der Waals surface area contributed by atoms with Crippen LogP contribution in [0.25, 0.3) is 0 Å². The Bertz CT molecular complexity index is 439. The first kappa shape index (κ1) is 14.1. The summed E-state index contributed by atoms with van der Waals surface area (Å²) in [5.74, 6) is 0.560. The van der Waals surface area contributed by atoms with Crippen LogP contribution in [0, 0.1) is 5.92 Å². The van der Waals surface area contributed by atoms with E-state index in [1.165, 1.54) is 0 Å². The van der Waals surface area contributed by atoms with Gasteiger partial charge in [-0.2, -0.15) is 0 Å². The summed E-state index contributed by atoms with van der Waals surface area (Å²) in [5.41, 5.74) is 1.08. The standard InChI is InChI=1S/C16H22O3/c1-5-8-12-11-18-16(2,3)19-15(12)13-9-6-7-10-14(13)17-4/h5-7,9-10,12,15H,1,8,11H2,2-4H3/t12-,15-/m0/s1. The largest absolute Gasteiger partial charge is 0.496 e. The molecule has 19 heavy (non-hydrogen) atoms.